The third kappa shape index (κ3) is 3.31. The average molecular weight is 536 g/mol. The summed E-state index contributed by atoms with van der Waals surface area (Å²) in [6.45, 7) is 0. The van der Waals surface area contributed by atoms with Crippen LogP contribution in [0.2, 0.25) is 0 Å². The van der Waals surface area contributed by atoms with Gasteiger partial charge in [0, 0.05) is 33.6 Å². The monoisotopic (exact) mass is 535 g/mol. The molecule has 0 N–H and O–H groups in total. The second-order valence-corrected chi connectivity index (χ2v) is 10.9. The Balaban J connectivity index is 1.43. The van der Waals surface area contributed by atoms with Gasteiger partial charge in [-0.3, -0.25) is 4.98 Å². The van der Waals surface area contributed by atoms with E-state index in [2.05, 4.69) is 148 Å². The van der Waals surface area contributed by atoms with Crippen LogP contribution in [0.3, 0.4) is 0 Å². The largest absolute Gasteiger partial charge is 0.309 e. The number of para-hydroxylation sites is 1. The summed E-state index contributed by atoms with van der Waals surface area (Å²) in [6, 6.07) is 50.4. The van der Waals surface area contributed by atoms with Crippen LogP contribution in [0.4, 0.5) is 17.1 Å². The molecule has 0 spiro atoms. The first kappa shape index (κ1) is 23.1. The lowest BCUT2D eigenvalue weighted by Gasteiger charge is -2.33. The molecule has 1 aliphatic heterocycles. The topological polar surface area (TPSA) is 21.1 Å². The Morgan fingerprint density at radius 2 is 1.24 bits per heavy atom. The third-order valence-corrected chi connectivity index (χ3v) is 8.56. The Morgan fingerprint density at radius 1 is 0.476 bits per heavy atom. The zero-order valence-corrected chi connectivity index (χ0v) is 22.8. The molecule has 6 aromatic carbocycles. The number of aromatic nitrogens is 2. The molecular formula is C39H25N3. The van der Waals surface area contributed by atoms with Gasteiger partial charge in [-0.2, -0.15) is 0 Å². The fourth-order valence-electron chi connectivity index (χ4n) is 6.75. The molecule has 3 nitrogen and oxygen atoms in total. The molecule has 1 aliphatic rings. The highest BCUT2D eigenvalue weighted by Crippen LogP contribution is 2.52. The van der Waals surface area contributed by atoms with Crippen molar-refractivity contribution in [1.82, 2.24) is 9.55 Å². The maximum atomic E-state index is 4.51. The van der Waals surface area contributed by atoms with Gasteiger partial charge in [0.15, 0.2) is 0 Å². The van der Waals surface area contributed by atoms with E-state index in [0.29, 0.717) is 0 Å². The van der Waals surface area contributed by atoms with Crippen LogP contribution in [-0.2, 0) is 0 Å². The van der Waals surface area contributed by atoms with Gasteiger partial charge in [0.05, 0.1) is 34.3 Å². The number of benzene rings is 6. The zero-order chi connectivity index (χ0) is 27.6. The molecule has 0 radical (unpaired) electrons. The number of pyridine rings is 1. The number of anilines is 3. The smallest absolute Gasteiger partial charge is 0.0645 e. The summed E-state index contributed by atoms with van der Waals surface area (Å²) in [5, 5.41) is 5.00. The molecule has 8 aromatic rings. The molecule has 196 valence electrons. The fourth-order valence-corrected chi connectivity index (χ4v) is 6.75. The van der Waals surface area contributed by atoms with Gasteiger partial charge < -0.3 is 9.47 Å². The van der Waals surface area contributed by atoms with E-state index in [1.807, 2.05) is 18.5 Å². The SMILES string of the molecule is c1ccc(-c2ccc3c(c2)c2cc4c(cc2n3-c2ccccc2)N(c2cccnc2)c2cccc3cccc-4c23)cc1. The zero-order valence-electron chi connectivity index (χ0n) is 22.8. The summed E-state index contributed by atoms with van der Waals surface area (Å²) in [5.41, 5.74) is 11.8. The van der Waals surface area contributed by atoms with Gasteiger partial charge in [0.2, 0.25) is 0 Å². The number of fused-ring (bicyclic) bond motifs is 5. The molecule has 2 aromatic heterocycles. The van der Waals surface area contributed by atoms with Crippen LogP contribution in [0, 0.1) is 0 Å². The maximum Gasteiger partial charge on any atom is 0.0645 e. The third-order valence-electron chi connectivity index (χ3n) is 8.56. The van der Waals surface area contributed by atoms with Crippen LogP contribution < -0.4 is 4.90 Å². The predicted octanol–water partition coefficient (Wildman–Crippen LogP) is 10.4. The summed E-state index contributed by atoms with van der Waals surface area (Å²) in [5.74, 6) is 0. The quantitative estimate of drug-likeness (QED) is 0.224. The molecule has 9 rings (SSSR count). The lowest BCUT2D eigenvalue weighted by molar-refractivity contribution is 1.17. The van der Waals surface area contributed by atoms with E-state index in [0.717, 1.165) is 17.1 Å². The minimum absolute atomic E-state index is 1.05. The first-order chi connectivity index (χ1) is 20.8. The van der Waals surface area contributed by atoms with E-state index in [1.165, 1.54) is 60.5 Å². The summed E-state index contributed by atoms with van der Waals surface area (Å²) in [7, 11) is 0. The Hall–Kier alpha value is -5.67. The molecule has 0 fully saturated rings. The highest BCUT2D eigenvalue weighted by atomic mass is 15.2. The standard InChI is InChI=1S/C39H25N3/c1-3-10-26(11-4-1)28-19-20-35-32(22-28)34-23-33-31-17-7-12-27-13-8-18-36(39(27)31)42(30-16-9-21-40-25-30)37(33)24-38(34)41(35)29-14-5-2-6-15-29/h1-25H. The Labute approximate surface area is 243 Å². The first-order valence-corrected chi connectivity index (χ1v) is 14.3. The molecule has 0 bridgehead atoms. The van der Waals surface area contributed by atoms with Crippen molar-refractivity contribution in [1.29, 1.82) is 0 Å². The van der Waals surface area contributed by atoms with Gasteiger partial charge >= 0.3 is 0 Å². The highest BCUT2D eigenvalue weighted by molar-refractivity contribution is 6.19. The van der Waals surface area contributed by atoms with Crippen LogP contribution in [0.1, 0.15) is 0 Å². The van der Waals surface area contributed by atoms with Crippen LogP contribution >= 0.6 is 0 Å². The van der Waals surface area contributed by atoms with Crippen molar-refractivity contribution in [3.8, 4) is 27.9 Å². The van der Waals surface area contributed by atoms with Gasteiger partial charge in [0.25, 0.3) is 0 Å². The van der Waals surface area contributed by atoms with Gasteiger partial charge in [-0.15, -0.1) is 0 Å². The van der Waals surface area contributed by atoms with E-state index in [9.17, 15) is 0 Å². The molecular weight excluding hydrogens is 510 g/mol. The molecule has 0 saturated heterocycles. The van der Waals surface area contributed by atoms with Crippen molar-refractivity contribution in [3.63, 3.8) is 0 Å². The first-order valence-electron chi connectivity index (χ1n) is 14.3. The van der Waals surface area contributed by atoms with Crippen molar-refractivity contribution in [3.05, 3.63) is 152 Å². The number of hydrogen-bond donors (Lipinski definition) is 0. The Kier molecular flexibility index (Phi) is 4.90. The number of nitrogens with zero attached hydrogens (tertiary/aromatic N) is 3. The van der Waals surface area contributed by atoms with Crippen molar-refractivity contribution in [2.24, 2.45) is 0 Å². The molecule has 0 saturated carbocycles. The van der Waals surface area contributed by atoms with Crippen LogP contribution in [-0.4, -0.2) is 9.55 Å². The lowest BCUT2D eigenvalue weighted by Crippen LogP contribution is -2.15. The van der Waals surface area contributed by atoms with Gasteiger partial charge in [-0.1, -0.05) is 84.9 Å². The van der Waals surface area contributed by atoms with E-state index in [4.69, 9.17) is 0 Å². The number of rotatable bonds is 3. The van der Waals surface area contributed by atoms with Gasteiger partial charge in [-0.05, 0) is 76.7 Å². The minimum Gasteiger partial charge on any atom is -0.309 e. The van der Waals surface area contributed by atoms with E-state index in [1.54, 1.807) is 0 Å². The Bertz CT molecular complexity index is 2280. The highest BCUT2D eigenvalue weighted by Gasteiger charge is 2.28. The van der Waals surface area contributed by atoms with Crippen LogP contribution in [0.15, 0.2) is 152 Å². The van der Waals surface area contributed by atoms with E-state index in [-0.39, 0.29) is 0 Å². The minimum atomic E-state index is 1.05. The van der Waals surface area contributed by atoms with Crippen molar-refractivity contribution in [2.75, 3.05) is 4.90 Å². The average Bonchev–Trinajstić information content (AvgIpc) is 3.38. The summed E-state index contributed by atoms with van der Waals surface area (Å²) < 4.78 is 2.40. The molecule has 42 heavy (non-hydrogen) atoms. The maximum absolute atomic E-state index is 4.51. The molecule has 0 amide bonds. The van der Waals surface area contributed by atoms with E-state index < -0.39 is 0 Å². The molecule has 0 unspecified atom stereocenters. The molecule has 0 atom stereocenters. The molecule has 0 aliphatic carbocycles. The second kappa shape index (κ2) is 8.92. The fraction of sp³-hybridized carbons (Fsp3) is 0. The van der Waals surface area contributed by atoms with Gasteiger partial charge in [0.1, 0.15) is 0 Å². The number of hydrogen-bond acceptors (Lipinski definition) is 2. The second-order valence-electron chi connectivity index (χ2n) is 10.9. The molecule has 3 heteroatoms. The predicted molar refractivity (Wildman–Crippen MR) is 175 cm³/mol. The van der Waals surface area contributed by atoms with Crippen molar-refractivity contribution in [2.45, 2.75) is 0 Å². The Morgan fingerprint density at radius 3 is 2.05 bits per heavy atom. The van der Waals surface area contributed by atoms with Crippen LogP contribution in [0.25, 0.3) is 60.5 Å². The molecule has 3 heterocycles. The van der Waals surface area contributed by atoms with E-state index >= 15 is 0 Å². The van der Waals surface area contributed by atoms with Gasteiger partial charge in [-0.25, -0.2) is 0 Å². The summed E-state index contributed by atoms with van der Waals surface area (Å²) >= 11 is 0. The lowest BCUT2D eigenvalue weighted by atomic mass is 9.90. The summed E-state index contributed by atoms with van der Waals surface area (Å²) in [4.78, 5) is 6.88. The van der Waals surface area contributed by atoms with Crippen molar-refractivity contribution >= 4 is 49.6 Å². The summed E-state index contributed by atoms with van der Waals surface area (Å²) in [6.07, 6.45) is 3.79. The van der Waals surface area contributed by atoms with Crippen LogP contribution in [0.5, 0.6) is 0 Å². The normalized spacial score (nSPS) is 12.2. The van der Waals surface area contributed by atoms with Crippen molar-refractivity contribution < 1.29 is 0 Å².